The number of carbonyl (C=O) groups is 1. The maximum absolute atomic E-state index is 12.3. The van der Waals surface area contributed by atoms with Gasteiger partial charge in [-0.15, -0.1) is 0 Å². The second-order valence-corrected chi connectivity index (χ2v) is 4.68. The van der Waals surface area contributed by atoms with Crippen LogP contribution >= 0.6 is 0 Å². The van der Waals surface area contributed by atoms with Crippen LogP contribution in [-0.4, -0.2) is 16.9 Å². The smallest absolute Gasteiger partial charge is 0.327 e. The summed E-state index contributed by atoms with van der Waals surface area (Å²) in [5, 5.41) is 2.49. The fourth-order valence-electron chi connectivity index (χ4n) is 1.75. The number of nitrogens with zero attached hydrogens (tertiary/aromatic N) is 1. The van der Waals surface area contributed by atoms with Gasteiger partial charge in [0.25, 0.3) is 0 Å². The van der Waals surface area contributed by atoms with E-state index in [0.29, 0.717) is 5.92 Å². The van der Waals surface area contributed by atoms with Gasteiger partial charge in [-0.05, 0) is 30.9 Å². The first kappa shape index (κ1) is 13.8. The van der Waals surface area contributed by atoms with Crippen LogP contribution in [0.2, 0.25) is 0 Å². The van der Waals surface area contributed by atoms with Crippen molar-refractivity contribution in [2.75, 3.05) is 5.32 Å². The summed E-state index contributed by atoms with van der Waals surface area (Å²) in [6.45, 7) is 0. The van der Waals surface area contributed by atoms with Crippen LogP contribution < -0.4 is 11.1 Å². The highest BCUT2D eigenvalue weighted by atomic mass is 19.4. The zero-order chi connectivity index (χ0) is 14.0. The summed E-state index contributed by atoms with van der Waals surface area (Å²) in [4.78, 5) is 14.9. The summed E-state index contributed by atoms with van der Waals surface area (Å²) >= 11 is 0. The molecule has 0 saturated heterocycles. The highest BCUT2D eigenvalue weighted by Crippen LogP contribution is 2.33. The molecule has 1 aliphatic rings. The lowest BCUT2D eigenvalue weighted by Crippen LogP contribution is -2.28. The average molecular weight is 273 g/mol. The van der Waals surface area contributed by atoms with Crippen LogP contribution in [0, 0.1) is 5.92 Å². The summed E-state index contributed by atoms with van der Waals surface area (Å²) in [5.41, 5.74) is 5.04. The fourth-order valence-corrected chi connectivity index (χ4v) is 1.75. The van der Waals surface area contributed by atoms with Crippen LogP contribution in [0.4, 0.5) is 18.9 Å². The highest BCUT2D eigenvalue weighted by Gasteiger charge is 2.32. The average Bonchev–Trinajstić information content (AvgIpc) is 3.11. The van der Waals surface area contributed by atoms with Gasteiger partial charge in [0.1, 0.15) is 5.69 Å². The van der Waals surface area contributed by atoms with Crippen molar-refractivity contribution in [3.63, 3.8) is 0 Å². The quantitative estimate of drug-likeness (QED) is 0.883. The van der Waals surface area contributed by atoms with E-state index in [1.807, 2.05) is 0 Å². The SMILES string of the molecule is NC(CC(=O)Nc1ccc(C(F)(F)F)nc1)C1CC1. The van der Waals surface area contributed by atoms with Crippen LogP contribution in [-0.2, 0) is 11.0 Å². The molecule has 19 heavy (non-hydrogen) atoms. The lowest BCUT2D eigenvalue weighted by atomic mass is 10.1. The minimum atomic E-state index is -4.48. The van der Waals surface area contributed by atoms with Gasteiger partial charge in [0.05, 0.1) is 11.9 Å². The van der Waals surface area contributed by atoms with Gasteiger partial charge in [0, 0.05) is 12.5 Å². The largest absolute Gasteiger partial charge is 0.433 e. The molecule has 1 heterocycles. The summed E-state index contributed by atoms with van der Waals surface area (Å²) in [5.74, 6) is 0.0949. The zero-order valence-electron chi connectivity index (χ0n) is 10.1. The van der Waals surface area contributed by atoms with Gasteiger partial charge in [-0.25, -0.2) is 4.98 Å². The molecule has 1 unspecified atom stereocenters. The molecule has 104 valence electrons. The molecule has 1 fully saturated rings. The van der Waals surface area contributed by atoms with E-state index < -0.39 is 11.9 Å². The van der Waals surface area contributed by atoms with E-state index in [4.69, 9.17) is 5.73 Å². The molecule has 1 aliphatic carbocycles. The van der Waals surface area contributed by atoms with Crippen LogP contribution in [0.15, 0.2) is 18.3 Å². The second-order valence-electron chi connectivity index (χ2n) is 4.68. The number of alkyl halides is 3. The summed E-state index contributed by atoms with van der Waals surface area (Å²) < 4.78 is 36.9. The molecule has 1 aromatic heterocycles. The van der Waals surface area contributed by atoms with Gasteiger partial charge >= 0.3 is 6.18 Å². The van der Waals surface area contributed by atoms with Gasteiger partial charge in [-0.1, -0.05) is 0 Å². The van der Waals surface area contributed by atoms with Gasteiger partial charge in [-0.2, -0.15) is 13.2 Å². The summed E-state index contributed by atoms with van der Waals surface area (Å²) in [6, 6.07) is 1.83. The van der Waals surface area contributed by atoms with Crippen LogP contribution in [0.5, 0.6) is 0 Å². The van der Waals surface area contributed by atoms with Crippen molar-refractivity contribution in [1.82, 2.24) is 4.98 Å². The van der Waals surface area contributed by atoms with Crippen molar-refractivity contribution in [2.24, 2.45) is 11.7 Å². The summed E-state index contributed by atoms with van der Waals surface area (Å²) in [6.07, 6.45) is -1.24. The number of pyridine rings is 1. The molecule has 0 radical (unpaired) electrons. The third-order valence-corrected chi connectivity index (χ3v) is 2.99. The Labute approximate surface area is 108 Å². The van der Waals surface area contributed by atoms with Gasteiger partial charge in [-0.3, -0.25) is 4.79 Å². The molecule has 1 aromatic rings. The molecular weight excluding hydrogens is 259 g/mol. The van der Waals surface area contributed by atoms with Crippen LogP contribution in [0.1, 0.15) is 25.0 Å². The number of amides is 1. The second kappa shape index (κ2) is 5.16. The first-order valence-electron chi connectivity index (χ1n) is 5.95. The zero-order valence-corrected chi connectivity index (χ0v) is 10.1. The number of anilines is 1. The van der Waals surface area contributed by atoms with Crippen molar-refractivity contribution in [3.8, 4) is 0 Å². The Morgan fingerprint density at radius 3 is 2.63 bits per heavy atom. The van der Waals surface area contributed by atoms with Gasteiger partial charge < -0.3 is 11.1 Å². The molecule has 0 spiro atoms. The maximum Gasteiger partial charge on any atom is 0.433 e. The predicted molar refractivity (Wildman–Crippen MR) is 63.2 cm³/mol. The Kier molecular flexibility index (Phi) is 3.75. The Morgan fingerprint density at radius 2 is 2.16 bits per heavy atom. The standard InChI is InChI=1S/C12H14F3N3O/c13-12(14,15)10-4-3-8(6-17-10)18-11(19)5-9(16)7-1-2-7/h3-4,6-7,9H,1-2,5,16H2,(H,18,19). The molecule has 2 rings (SSSR count). The Balaban J connectivity index is 1.90. The number of nitrogens with two attached hydrogens (primary N) is 1. The number of aromatic nitrogens is 1. The predicted octanol–water partition coefficient (Wildman–Crippen LogP) is 2.17. The number of hydrogen-bond donors (Lipinski definition) is 2. The van der Waals surface area contributed by atoms with Crippen molar-refractivity contribution in [3.05, 3.63) is 24.0 Å². The third-order valence-electron chi connectivity index (χ3n) is 2.99. The molecule has 7 heteroatoms. The molecule has 1 amide bonds. The van der Waals surface area contributed by atoms with E-state index in [-0.39, 0.29) is 24.1 Å². The lowest BCUT2D eigenvalue weighted by molar-refractivity contribution is -0.141. The van der Waals surface area contributed by atoms with Crippen molar-refractivity contribution < 1.29 is 18.0 Å². The van der Waals surface area contributed by atoms with E-state index in [1.165, 1.54) is 6.07 Å². The van der Waals surface area contributed by atoms with Crippen molar-refractivity contribution >= 4 is 11.6 Å². The maximum atomic E-state index is 12.3. The minimum Gasteiger partial charge on any atom is -0.327 e. The van der Waals surface area contributed by atoms with Gasteiger partial charge in [0.15, 0.2) is 0 Å². The molecular formula is C12H14F3N3O. The van der Waals surface area contributed by atoms with Crippen LogP contribution in [0.3, 0.4) is 0 Å². The lowest BCUT2D eigenvalue weighted by Gasteiger charge is -2.11. The molecule has 0 aliphatic heterocycles. The van der Waals surface area contributed by atoms with E-state index in [9.17, 15) is 18.0 Å². The minimum absolute atomic E-state index is 0.172. The topological polar surface area (TPSA) is 68.0 Å². The first-order chi connectivity index (χ1) is 8.86. The van der Waals surface area contributed by atoms with Crippen LogP contribution in [0.25, 0.3) is 0 Å². The van der Waals surface area contributed by atoms with E-state index >= 15 is 0 Å². The number of rotatable bonds is 4. The molecule has 3 N–H and O–H groups in total. The Morgan fingerprint density at radius 1 is 1.47 bits per heavy atom. The number of carbonyl (C=O) groups excluding carboxylic acids is 1. The first-order valence-corrected chi connectivity index (χ1v) is 5.95. The van der Waals surface area contributed by atoms with Crippen molar-refractivity contribution in [2.45, 2.75) is 31.5 Å². The third kappa shape index (κ3) is 3.92. The molecule has 4 nitrogen and oxygen atoms in total. The Hall–Kier alpha value is -1.63. The number of halogens is 3. The molecule has 1 saturated carbocycles. The number of nitrogens with one attached hydrogen (secondary N) is 1. The number of hydrogen-bond acceptors (Lipinski definition) is 3. The monoisotopic (exact) mass is 273 g/mol. The molecule has 0 bridgehead atoms. The fraction of sp³-hybridized carbons (Fsp3) is 0.500. The van der Waals surface area contributed by atoms with E-state index in [0.717, 1.165) is 25.1 Å². The molecule has 1 atom stereocenters. The highest BCUT2D eigenvalue weighted by molar-refractivity contribution is 5.90. The molecule has 0 aromatic carbocycles. The van der Waals surface area contributed by atoms with E-state index in [2.05, 4.69) is 10.3 Å². The van der Waals surface area contributed by atoms with E-state index in [1.54, 1.807) is 0 Å². The normalized spacial score (nSPS) is 17.1. The summed E-state index contributed by atoms with van der Waals surface area (Å²) in [7, 11) is 0. The van der Waals surface area contributed by atoms with Crippen molar-refractivity contribution in [1.29, 1.82) is 0 Å². The Bertz CT molecular complexity index is 454. The van der Waals surface area contributed by atoms with Gasteiger partial charge in [0.2, 0.25) is 5.91 Å².